The molecule has 1 aromatic heterocycles. The summed E-state index contributed by atoms with van der Waals surface area (Å²) in [6.07, 6.45) is 2.60. The van der Waals surface area contributed by atoms with Crippen LogP contribution in [0.2, 0.25) is 0 Å². The quantitative estimate of drug-likeness (QED) is 0.879. The van der Waals surface area contributed by atoms with Crippen LogP contribution in [0.3, 0.4) is 0 Å². The number of fused-ring (bicyclic) bond motifs is 1. The number of anilines is 1. The lowest BCUT2D eigenvalue weighted by Gasteiger charge is -2.38. The fourth-order valence-corrected chi connectivity index (χ4v) is 5.06. The highest BCUT2D eigenvalue weighted by Gasteiger charge is 2.46. The summed E-state index contributed by atoms with van der Waals surface area (Å²) >= 11 is 1.42. The predicted octanol–water partition coefficient (Wildman–Crippen LogP) is 2.42. The Kier molecular flexibility index (Phi) is 5.22. The Labute approximate surface area is 163 Å². The molecule has 4 rings (SSSR count). The Morgan fingerprint density at radius 2 is 2.07 bits per heavy atom. The van der Waals surface area contributed by atoms with Gasteiger partial charge >= 0.3 is 0 Å². The number of hydrogen-bond acceptors (Lipinski definition) is 5. The maximum atomic E-state index is 12.3. The lowest BCUT2D eigenvalue weighted by molar-refractivity contribution is -0.131. The van der Waals surface area contributed by atoms with E-state index in [1.165, 1.54) is 16.9 Å². The Morgan fingerprint density at radius 1 is 1.26 bits per heavy atom. The van der Waals surface area contributed by atoms with Gasteiger partial charge in [-0.1, -0.05) is 30.3 Å². The summed E-state index contributed by atoms with van der Waals surface area (Å²) in [6, 6.07) is 10.7. The topological polar surface area (TPSA) is 65.5 Å². The molecule has 27 heavy (non-hydrogen) atoms. The van der Waals surface area contributed by atoms with Crippen LogP contribution in [0.4, 0.5) is 5.13 Å². The van der Waals surface area contributed by atoms with E-state index in [1.54, 1.807) is 13.1 Å². The number of rotatable bonds is 4. The second-order valence-corrected chi connectivity index (χ2v) is 8.22. The number of hydrogen-bond donors (Lipinski definition) is 1. The van der Waals surface area contributed by atoms with Crippen molar-refractivity contribution in [2.45, 2.75) is 25.3 Å². The van der Waals surface area contributed by atoms with Gasteiger partial charge in [-0.05, 0) is 12.0 Å². The molecule has 2 aromatic rings. The van der Waals surface area contributed by atoms with Gasteiger partial charge in [0.05, 0.1) is 6.54 Å². The highest BCUT2D eigenvalue weighted by atomic mass is 32.1. The molecule has 0 bridgehead atoms. The molecule has 142 valence electrons. The van der Waals surface area contributed by atoms with Gasteiger partial charge in [-0.25, -0.2) is 4.98 Å². The Morgan fingerprint density at radius 3 is 2.78 bits per heavy atom. The van der Waals surface area contributed by atoms with E-state index in [1.807, 2.05) is 16.3 Å². The lowest BCUT2D eigenvalue weighted by atomic mass is 9.82. The number of benzene rings is 1. The van der Waals surface area contributed by atoms with Crippen LogP contribution in [0, 0.1) is 5.92 Å². The molecular weight excluding hydrogens is 360 g/mol. The van der Waals surface area contributed by atoms with Crippen LogP contribution in [0.1, 0.15) is 24.8 Å². The smallest absolute Gasteiger partial charge is 0.240 e. The third kappa shape index (κ3) is 3.89. The van der Waals surface area contributed by atoms with Crippen molar-refractivity contribution in [1.29, 1.82) is 0 Å². The SMILES string of the molecule is CC(=O)N1C[C@H](c2ccccc2)[C@H]2CN(CC(=O)Nc3nccs3)CC[C@H]21. The molecule has 3 atom stereocenters. The summed E-state index contributed by atoms with van der Waals surface area (Å²) in [5, 5.41) is 5.35. The van der Waals surface area contributed by atoms with Crippen LogP contribution in [-0.4, -0.2) is 58.8 Å². The number of carbonyl (C=O) groups is 2. The molecule has 2 aliphatic rings. The van der Waals surface area contributed by atoms with Crippen molar-refractivity contribution >= 4 is 28.3 Å². The summed E-state index contributed by atoms with van der Waals surface area (Å²) in [6.45, 7) is 4.47. The van der Waals surface area contributed by atoms with Gasteiger partial charge in [-0.3, -0.25) is 14.5 Å². The van der Waals surface area contributed by atoms with Crippen molar-refractivity contribution in [2.24, 2.45) is 5.92 Å². The summed E-state index contributed by atoms with van der Waals surface area (Å²) < 4.78 is 0. The van der Waals surface area contributed by atoms with E-state index in [-0.39, 0.29) is 17.9 Å². The van der Waals surface area contributed by atoms with Crippen LogP contribution < -0.4 is 5.32 Å². The number of likely N-dealkylation sites (tertiary alicyclic amines) is 2. The average molecular weight is 385 g/mol. The van der Waals surface area contributed by atoms with Gasteiger partial charge in [0.2, 0.25) is 11.8 Å². The molecule has 0 aliphatic carbocycles. The number of piperidine rings is 1. The first-order valence-electron chi connectivity index (χ1n) is 9.35. The second kappa shape index (κ2) is 7.78. The van der Waals surface area contributed by atoms with Gasteiger partial charge in [0.15, 0.2) is 5.13 Å². The third-order valence-corrected chi connectivity index (χ3v) is 6.38. The summed E-state index contributed by atoms with van der Waals surface area (Å²) in [7, 11) is 0. The second-order valence-electron chi connectivity index (χ2n) is 7.33. The number of aromatic nitrogens is 1. The minimum absolute atomic E-state index is 0.0268. The minimum Gasteiger partial charge on any atom is -0.339 e. The van der Waals surface area contributed by atoms with Crippen molar-refractivity contribution in [3.8, 4) is 0 Å². The fraction of sp³-hybridized carbons (Fsp3) is 0.450. The largest absolute Gasteiger partial charge is 0.339 e. The molecule has 0 unspecified atom stereocenters. The molecule has 7 heteroatoms. The Balaban J connectivity index is 1.46. The number of thiazole rings is 1. The third-order valence-electron chi connectivity index (χ3n) is 5.69. The number of nitrogens with zero attached hydrogens (tertiary/aromatic N) is 3. The highest BCUT2D eigenvalue weighted by Crippen LogP contribution is 2.41. The maximum Gasteiger partial charge on any atom is 0.240 e. The first-order chi connectivity index (χ1) is 13.1. The van der Waals surface area contributed by atoms with Crippen LogP contribution in [-0.2, 0) is 9.59 Å². The first-order valence-corrected chi connectivity index (χ1v) is 10.2. The van der Waals surface area contributed by atoms with E-state index in [0.29, 0.717) is 23.5 Å². The molecule has 0 saturated carbocycles. The molecule has 2 fully saturated rings. The first kappa shape index (κ1) is 18.1. The summed E-state index contributed by atoms with van der Waals surface area (Å²) in [5.74, 6) is 0.808. The zero-order valence-electron chi connectivity index (χ0n) is 15.4. The zero-order valence-corrected chi connectivity index (χ0v) is 16.2. The number of amides is 2. The summed E-state index contributed by atoms with van der Waals surface area (Å²) in [5.41, 5.74) is 1.28. The van der Waals surface area contributed by atoms with Gasteiger partial charge in [0.1, 0.15) is 0 Å². The van der Waals surface area contributed by atoms with Crippen molar-refractivity contribution in [1.82, 2.24) is 14.8 Å². The normalized spacial score (nSPS) is 25.2. The van der Waals surface area contributed by atoms with E-state index >= 15 is 0 Å². The molecule has 0 spiro atoms. The highest BCUT2D eigenvalue weighted by molar-refractivity contribution is 7.13. The van der Waals surface area contributed by atoms with Crippen molar-refractivity contribution in [3.63, 3.8) is 0 Å². The van der Waals surface area contributed by atoms with E-state index in [9.17, 15) is 9.59 Å². The van der Waals surface area contributed by atoms with Crippen molar-refractivity contribution in [2.75, 3.05) is 31.5 Å². The molecular formula is C20H24N4O2S. The molecule has 2 aliphatic heterocycles. The Hall–Kier alpha value is -2.25. The molecule has 1 aromatic carbocycles. The number of carbonyl (C=O) groups excluding carboxylic acids is 2. The standard InChI is InChI=1S/C20H24N4O2S/c1-14(25)24-12-16(15-5-3-2-4-6-15)17-11-23(9-7-18(17)24)13-19(26)22-20-21-8-10-27-20/h2-6,8,10,16-18H,7,9,11-13H2,1H3,(H,21,22,26)/t16-,17-,18-/m1/s1. The molecule has 3 heterocycles. The lowest BCUT2D eigenvalue weighted by Crippen LogP contribution is -2.49. The number of nitrogens with one attached hydrogen (secondary N) is 1. The average Bonchev–Trinajstić information content (AvgIpc) is 3.29. The van der Waals surface area contributed by atoms with Crippen LogP contribution >= 0.6 is 11.3 Å². The monoisotopic (exact) mass is 384 g/mol. The van der Waals surface area contributed by atoms with Crippen molar-refractivity contribution < 1.29 is 9.59 Å². The van der Waals surface area contributed by atoms with Crippen LogP contribution in [0.15, 0.2) is 41.9 Å². The predicted molar refractivity (Wildman–Crippen MR) is 106 cm³/mol. The zero-order chi connectivity index (χ0) is 18.8. The fourth-order valence-electron chi connectivity index (χ4n) is 4.51. The molecule has 2 amide bonds. The maximum absolute atomic E-state index is 12.3. The van der Waals surface area contributed by atoms with E-state index in [0.717, 1.165) is 26.1 Å². The van der Waals surface area contributed by atoms with Gasteiger partial charge in [0, 0.05) is 56.0 Å². The van der Waals surface area contributed by atoms with Crippen LogP contribution in [0.25, 0.3) is 0 Å². The van der Waals surface area contributed by atoms with Crippen LogP contribution in [0.5, 0.6) is 0 Å². The molecule has 0 radical (unpaired) electrons. The van der Waals surface area contributed by atoms with Crippen molar-refractivity contribution in [3.05, 3.63) is 47.5 Å². The van der Waals surface area contributed by atoms with Gasteiger partial charge < -0.3 is 10.2 Å². The van der Waals surface area contributed by atoms with E-state index in [2.05, 4.69) is 39.5 Å². The summed E-state index contributed by atoms with van der Waals surface area (Å²) in [4.78, 5) is 32.9. The molecule has 2 saturated heterocycles. The van der Waals surface area contributed by atoms with E-state index in [4.69, 9.17) is 0 Å². The van der Waals surface area contributed by atoms with Gasteiger partial charge in [-0.2, -0.15) is 0 Å². The Bertz CT molecular complexity index is 796. The van der Waals surface area contributed by atoms with Gasteiger partial charge in [0.25, 0.3) is 0 Å². The minimum atomic E-state index is -0.0268. The molecule has 6 nitrogen and oxygen atoms in total. The van der Waals surface area contributed by atoms with Gasteiger partial charge in [-0.15, -0.1) is 11.3 Å². The van der Waals surface area contributed by atoms with E-state index < -0.39 is 0 Å². The molecule has 1 N–H and O–H groups in total.